The highest BCUT2D eigenvalue weighted by Gasteiger charge is 2.35. The quantitative estimate of drug-likeness (QED) is 0.679. The predicted octanol–water partition coefficient (Wildman–Crippen LogP) is 0.494. The maximum atomic E-state index is 11.3. The molecule has 4 nitrogen and oxygen atoms in total. The first-order valence-corrected chi connectivity index (χ1v) is 7.23. The molecule has 0 aromatic heterocycles. The number of carbonyl (C=O) groups excluding carboxylic acids is 1. The van der Waals surface area contributed by atoms with Crippen molar-refractivity contribution in [1.82, 2.24) is 14.7 Å². The van der Waals surface area contributed by atoms with E-state index < -0.39 is 0 Å². The number of rotatable bonds is 2. The Morgan fingerprint density at radius 2 is 1.89 bits per heavy atom. The molecular formula is C15H25N3O. The van der Waals surface area contributed by atoms with Crippen molar-refractivity contribution < 1.29 is 4.79 Å². The first-order valence-electron chi connectivity index (χ1n) is 7.23. The molecule has 2 aliphatic rings. The minimum Gasteiger partial charge on any atom is -0.340 e. The molecule has 0 N–H and O–H groups in total. The molecule has 1 amide bonds. The van der Waals surface area contributed by atoms with Crippen LogP contribution in [0.5, 0.6) is 0 Å². The lowest BCUT2D eigenvalue weighted by Gasteiger charge is -2.39. The number of likely N-dealkylation sites (tertiary alicyclic amines) is 1. The van der Waals surface area contributed by atoms with Crippen molar-refractivity contribution in [1.29, 1.82) is 0 Å². The van der Waals surface area contributed by atoms with Crippen molar-refractivity contribution in [3.63, 3.8) is 0 Å². The Morgan fingerprint density at radius 1 is 1.21 bits per heavy atom. The van der Waals surface area contributed by atoms with Gasteiger partial charge in [-0.2, -0.15) is 0 Å². The lowest BCUT2D eigenvalue weighted by atomic mass is 10.0. The third-order valence-electron chi connectivity index (χ3n) is 4.36. The van der Waals surface area contributed by atoms with Crippen molar-refractivity contribution in [2.24, 2.45) is 5.92 Å². The summed E-state index contributed by atoms with van der Waals surface area (Å²) in [6.07, 6.45) is 0. The van der Waals surface area contributed by atoms with Crippen LogP contribution in [0.4, 0.5) is 0 Å². The fourth-order valence-corrected chi connectivity index (χ4v) is 3.21. The highest BCUT2D eigenvalue weighted by molar-refractivity contribution is 5.73. The van der Waals surface area contributed by atoms with Crippen LogP contribution < -0.4 is 0 Å². The maximum Gasteiger partial charge on any atom is 0.219 e. The summed E-state index contributed by atoms with van der Waals surface area (Å²) in [5.41, 5.74) is 0. The van der Waals surface area contributed by atoms with Gasteiger partial charge in [-0.25, -0.2) is 0 Å². The molecule has 106 valence electrons. The fourth-order valence-electron chi connectivity index (χ4n) is 3.21. The summed E-state index contributed by atoms with van der Waals surface area (Å²) in [5, 5.41) is 0. The number of hydrogen-bond donors (Lipinski definition) is 0. The second kappa shape index (κ2) is 6.40. The molecule has 2 heterocycles. The molecule has 0 aromatic rings. The molecule has 0 aliphatic carbocycles. The molecule has 19 heavy (non-hydrogen) atoms. The molecule has 2 atom stereocenters. The van der Waals surface area contributed by atoms with E-state index in [2.05, 4.69) is 28.6 Å². The number of carbonyl (C=O) groups is 1. The molecule has 0 saturated carbocycles. The Morgan fingerprint density at radius 3 is 2.47 bits per heavy atom. The van der Waals surface area contributed by atoms with Gasteiger partial charge in [0.1, 0.15) is 0 Å². The lowest BCUT2D eigenvalue weighted by Crippen LogP contribution is -2.53. The van der Waals surface area contributed by atoms with E-state index in [0.717, 1.165) is 45.8 Å². The monoisotopic (exact) mass is 263 g/mol. The summed E-state index contributed by atoms with van der Waals surface area (Å²) in [7, 11) is 0. The van der Waals surface area contributed by atoms with Crippen LogP contribution in [0.1, 0.15) is 20.8 Å². The minimum absolute atomic E-state index is 0.207. The van der Waals surface area contributed by atoms with Gasteiger partial charge in [-0.3, -0.25) is 14.6 Å². The van der Waals surface area contributed by atoms with Gasteiger partial charge in [-0.1, -0.05) is 12.8 Å². The van der Waals surface area contributed by atoms with E-state index >= 15 is 0 Å². The van der Waals surface area contributed by atoms with E-state index in [1.54, 1.807) is 6.92 Å². The van der Waals surface area contributed by atoms with Crippen molar-refractivity contribution in [2.45, 2.75) is 26.8 Å². The Balaban J connectivity index is 1.85. The summed E-state index contributed by atoms with van der Waals surface area (Å²) in [5.74, 6) is 7.04. The second-order valence-corrected chi connectivity index (χ2v) is 5.71. The predicted molar refractivity (Wildman–Crippen MR) is 76.7 cm³/mol. The third kappa shape index (κ3) is 3.49. The molecule has 0 radical (unpaired) electrons. The summed E-state index contributed by atoms with van der Waals surface area (Å²) >= 11 is 0. The van der Waals surface area contributed by atoms with E-state index in [1.807, 2.05) is 11.8 Å². The number of nitrogens with zero attached hydrogens (tertiary/aromatic N) is 3. The normalized spacial score (nSPS) is 29.1. The number of amides is 1. The van der Waals surface area contributed by atoms with Crippen LogP contribution in [-0.4, -0.2) is 72.5 Å². The molecule has 2 unspecified atom stereocenters. The van der Waals surface area contributed by atoms with Crippen molar-refractivity contribution in [2.75, 3.05) is 45.8 Å². The molecule has 2 rings (SSSR count). The van der Waals surface area contributed by atoms with Crippen molar-refractivity contribution in [3.05, 3.63) is 0 Å². The summed E-state index contributed by atoms with van der Waals surface area (Å²) < 4.78 is 0. The summed E-state index contributed by atoms with van der Waals surface area (Å²) in [6, 6.07) is 0.632. The van der Waals surface area contributed by atoms with E-state index in [9.17, 15) is 4.79 Å². The Bertz CT molecular complexity index is 377. The maximum absolute atomic E-state index is 11.3. The largest absolute Gasteiger partial charge is 0.340 e. The van der Waals surface area contributed by atoms with E-state index in [0.29, 0.717) is 12.0 Å². The standard InChI is InChI=1S/C15H25N3O/c1-4-5-6-16-11-13(2)15(12-16)18-9-7-17(8-10-18)14(3)19/h13,15H,6-12H2,1-3H3. The van der Waals surface area contributed by atoms with Crippen LogP contribution in [0, 0.1) is 17.8 Å². The van der Waals surface area contributed by atoms with E-state index in [4.69, 9.17) is 0 Å². The highest BCUT2D eigenvalue weighted by atomic mass is 16.2. The van der Waals surface area contributed by atoms with Crippen LogP contribution in [-0.2, 0) is 4.79 Å². The molecule has 4 heteroatoms. The van der Waals surface area contributed by atoms with E-state index in [1.165, 1.54) is 0 Å². The zero-order valence-electron chi connectivity index (χ0n) is 12.4. The minimum atomic E-state index is 0.207. The van der Waals surface area contributed by atoms with Gasteiger partial charge in [0.05, 0.1) is 6.54 Å². The molecule has 2 saturated heterocycles. The van der Waals surface area contributed by atoms with Crippen molar-refractivity contribution in [3.8, 4) is 11.8 Å². The smallest absolute Gasteiger partial charge is 0.219 e. The Labute approximate surface area is 116 Å². The van der Waals surface area contributed by atoms with Crippen LogP contribution in [0.25, 0.3) is 0 Å². The van der Waals surface area contributed by atoms with Gasteiger partial charge in [0.25, 0.3) is 0 Å². The first-order chi connectivity index (χ1) is 9.11. The zero-order valence-corrected chi connectivity index (χ0v) is 12.4. The van der Waals surface area contributed by atoms with Gasteiger partial charge in [0, 0.05) is 52.2 Å². The van der Waals surface area contributed by atoms with Gasteiger partial charge in [0.15, 0.2) is 0 Å². The Hall–Kier alpha value is -1.05. The second-order valence-electron chi connectivity index (χ2n) is 5.71. The Kier molecular flexibility index (Phi) is 4.84. The fraction of sp³-hybridized carbons (Fsp3) is 0.800. The van der Waals surface area contributed by atoms with Gasteiger partial charge < -0.3 is 4.90 Å². The van der Waals surface area contributed by atoms with Crippen LogP contribution in [0.3, 0.4) is 0 Å². The molecule has 2 fully saturated rings. The van der Waals surface area contributed by atoms with Gasteiger partial charge >= 0.3 is 0 Å². The van der Waals surface area contributed by atoms with Crippen LogP contribution in [0.15, 0.2) is 0 Å². The van der Waals surface area contributed by atoms with Crippen LogP contribution >= 0.6 is 0 Å². The average molecular weight is 263 g/mol. The SMILES string of the molecule is CC#CCN1CC(C)C(N2CCN(C(C)=O)CC2)C1. The highest BCUT2D eigenvalue weighted by Crippen LogP contribution is 2.22. The van der Waals surface area contributed by atoms with Gasteiger partial charge in [-0.15, -0.1) is 5.92 Å². The van der Waals surface area contributed by atoms with Gasteiger partial charge in [0.2, 0.25) is 5.91 Å². The lowest BCUT2D eigenvalue weighted by molar-refractivity contribution is -0.130. The number of piperazine rings is 1. The third-order valence-corrected chi connectivity index (χ3v) is 4.36. The molecule has 0 spiro atoms. The van der Waals surface area contributed by atoms with Gasteiger partial charge in [-0.05, 0) is 12.8 Å². The van der Waals surface area contributed by atoms with E-state index in [-0.39, 0.29) is 5.91 Å². The molecule has 2 aliphatic heterocycles. The molecular weight excluding hydrogens is 238 g/mol. The summed E-state index contributed by atoms with van der Waals surface area (Å²) in [6.45, 7) is 12.9. The summed E-state index contributed by atoms with van der Waals surface area (Å²) in [4.78, 5) is 18.3. The van der Waals surface area contributed by atoms with Crippen LogP contribution in [0.2, 0.25) is 0 Å². The topological polar surface area (TPSA) is 26.8 Å². The average Bonchev–Trinajstić information content (AvgIpc) is 2.77. The first kappa shape index (κ1) is 14.4. The number of hydrogen-bond acceptors (Lipinski definition) is 3. The van der Waals surface area contributed by atoms with Crippen molar-refractivity contribution >= 4 is 5.91 Å². The molecule has 0 aromatic carbocycles. The zero-order chi connectivity index (χ0) is 13.8. The molecule has 0 bridgehead atoms.